The molecule has 4 bridgehead atoms. The second kappa shape index (κ2) is 5.30. The number of hydrogen-bond acceptors (Lipinski definition) is 1. The van der Waals surface area contributed by atoms with E-state index in [1.165, 1.54) is 38.6 Å². The van der Waals surface area contributed by atoms with Crippen molar-refractivity contribution in [3.63, 3.8) is 0 Å². The van der Waals surface area contributed by atoms with Crippen LogP contribution in [0.5, 0.6) is 0 Å². The average molecular weight is 275 g/mol. The number of rotatable bonds is 4. The van der Waals surface area contributed by atoms with Crippen LogP contribution in [0.15, 0.2) is 0 Å². The highest BCUT2D eigenvalue weighted by Gasteiger charge is 2.55. The van der Waals surface area contributed by atoms with Crippen molar-refractivity contribution >= 4 is 0 Å². The van der Waals surface area contributed by atoms with E-state index in [9.17, 15) is 0 Å². The van der Waals surface area contributed by atoms with E-state index in [4.69, 9.17) is 0 Å². The molecule has 0 saturated heterocycles. The van der Waals surface area contributed by atoms with Crippen LogP contribution in [-0.2, 0) is 0 Å². The lowest BCUT2D eigenvalue weighted by molar-refractivity contribution is -0.104. The molecule has 5 aliphatic carbocycles. The molecule has 0 amide bonds. The van der Waals surface area contributed by atoms with Crippen molar-refractivity contribution in [2.24, 2.45) is 35.0 Å². The Kier molecular flexibility index (Phi) is 3.61. The Bertz CT molecular complexity index is 306. The minimum absolute atomic E-state index is 0.764. The summed E-state index contributed by atoms with van der Waals surface area (Å²) >= 11 is 0. The van der Waals surface area contributed by atoms with Crippen LogP contribution in [-0.4, -0.2) is 13.6 Å². The Morgan fingerprint density at radius 3 is 1.95 bits per heavy atom. The SMILES string of the molecule is CNCC(C1CCCCC1)C12CC3CC(CC(C3)C1)C2. The van der Waals surface area contributed by atoms with Crippen LogP contribution in [0.2, 0.25) is 0 Å². The molecule has 5 fully saturated rings. The Balaban J connectivity index is 1.58. The average Bonchev–Trinajstić information content (AvgIpc) is 2.44. The first-order chi connectivity index (χ1) is 9.79. The molecule has 5 rings (SSSR count). The molecule has 5 saturated carbocycles. The van der Waals surface area contributed by atoms with Gasteiger partial charge in [-0.15, -0.1) is 0 Å². The van der Waals surface area contributed by atoms with Crippen molar-refractivity contribution in [3.05, 3.63) is 0 Å². The molecule has 114 valence electrons. The molecule has 0 aromatic carbocycles. The first-order valence-electron chi connectivity index (χ1n) is 9.44. The molecule has 0 radical (unpaired) electrons. The van der Waals surface area contributed by atoms with Gasteiger partial charge < -0.3 is 5.32 Å². The topological polar surface area (TPSA) is 12.0 Å². The van der Waals surface area contributed by atoms with Crippen molar-refractivity contribution in [2.45, 2.75) is 70.6 Å². The van der Waals surface area contributed by atoms with Crippen molar-refractivity contribution in [2.75, 3.05) is 13.6 Å². The summed E-state index contributed by atoms with van der Waals surface area (Å²) in [5, 5.41) is 3.59. The van der Waals surface area contributed by atoms with Gasteiger partial charge >= 0.3 is 0 Å². The second-order valence-electron chi connectivity index (χ2n) is 8.84. The summed E-state index contributed by atoms with van der Waals surface area (Å²) < 4.78 is 0. The highest BCUT2D eigenvalue weighted by Crippen LogP contribution is 2.64. The van der Waals surface area contributed by atoms with Gasteiger partial charge in [0.2, 0.25) is 0 Å². The van der Waals surface area contributed by atoms with E-state index in [1.807, 2.05) is 0 Å². The van der Waals surface area contributed by atoms with Gasteiger partial charge in [-0.25, -0.2) is 0 Å². The zero-order chi connectivity index (χ0) is 13.6. The largest absolute Gasteiger partial charge is 0.319 e. The van der Waals surface area contributed by atoms with E-state index in [1.54, 1.807) is 38.5 Å². The lowest BCUT2D eigenvalue weighted by atomic mass is 9.45. The van der Waals surface area contributed by atoms with Gasteiger partial charge in [0, 0.05) is 0 Å². The van der Waals surface area contributed by atoms with Gasteiger partial charge in [0.05, 0.1) is 0 Å². The maximum absolute atomic E-state index is 3.59. The van der Waals surface area contributed by atoms with E-state index in [0.29, 0.717) is 0 Å². The normalized spacial score (nSPS) is 45.8. The summed E-state index contributed by atoms with van der Waals surface area (Å²) in [6.07, 6.45) is 17.2. The third kappa shape index (κ3) is 2.25. The fraction of sp³-hybridized carbons (Fsp3) is 1.00. The van der Waals surface area contributed by atoms with Gasteiger partial charge in [-0.1, -0.05) is 32.1 Å². The van der Waals surface area contributed by atoms with Crippen LogP contribution >= 0.6 is 0 Å². The van der Waals surface area contributed by atoms with Crippen LogP contribution in [0, 0.1) is 35.0 Å². The molecule has 1 nitrogen and oxygen atoms in total. The zero-order valence-corrected chi connectivity index (χ0v) is 13.4. The molecule has 0 aliphatic heterocycles. The molecule has 0 spiro atoms. The molecule has 1 heteroatoms. The summed E-state index contributed by atoms with van der Waals surface area (Å²) in [7, 11) is 2.19. The Hall–Kier alpha value is -0.0400. The van der Waals surface area contributed by atoms with Gasteiger partial charge in [0.15, 0.2) is 0 Å². The maximum Gasteiger partial charge on any atom is -0.00156 e. The van der Waals surface area contributed by atoms with Crippen LogP contribution in [0.3, 0.4) is 0 Å². The van der Waals surface area contributed by atoms with E-state index >= 15 is 0 Å². The molecular formula is C19H33N. The number of hydrogen-bond donors (Lipinski definition) is 1. The monoisotopic (exact) mass is 275 g/mol. The predicted molar refractivity (Wildman–Crippen MR) is 84.6 cm³/mol. The Labute approximate surface area is 125 Å². The molecule has 1 N–H and O–H groups in total. The van der Waals surface area contributed by atoms with E-state index in [2.05, 4.69) is 12.4 Å². The standard InChI is InChI=1S/C19H33N/c1-20-13-18(17-5-3-2-4-6-17)19-10-14-7-15(11-19)9-16(8-14)12-19/h14-18,20H,2-13H2,1H3. The summed E-state index contributed by atoms with van der Waals surface area (Å²) in [5.74, 6) is 5.39. The molecule has 0 aromatic heterocycles. The molecule has 20 heavy (non-hydrogen) atoms. The molecule has 1 unspecified atom stereocenters. The molecule has 0 heterocycles. The Morgan fingerprint density at radius 1 is 0.900 bits per heavy atom. The first kappa shape index (κ1) is 13.6. The van der Waals surface area contributed by atoms with Crippen LogP contribution in [0.4, 0.5) is 0 Å². The first-order valence-corrected chi connectivity index (χ1v) is 9.44. The summed E-state index contributed by atoms with van der Waals surface area (Å²) in [6, 6.07) is 0. The third-order valence-electron chi connectivity index (χ3n) is 7.52. The predicted octanol–water partition coefficient (Wildman–Crippen LogP) is 4.62. The van der Waals surface area contributed by atoms with E-state index in [-0.39, 0.29) is 0 Å². The van der Waals surface area contributed by atoms with Gasteiger partial charge in [-0.3, -0.25) is 0 Å². The van der Waals surface area contributed by atoms with Crippen molar-refractivity contribution in [3.8, 4) is 0 Å². The van der Waals surface area contributed by atoms with Crippen molar-refractivity contribution in [1.29, 1.82) is 0 Å². The van der Waals surface area contributed by atoms with Gasteiger partial charge in [0.25, 0.3) is 0 Å². The quantitative estimate of drug-likeness (QED) is 0.789. The maximum atomic E-state index is 3.59. The third-order valence-corrected chi connectivity index (χ3v) is 7.52. The van der Waals surface area contributed by atoms with E-state index in [0.717, 1.165) is 35.0 Å². The van der Waals surface area contributed by atoms with Crippen LogP contribution < -0.4 is 5.32 Å². The fourth-order valence-corrected chi connectivity index (χ4v) is 7.27. The van der Waals surface area contributed by atoms with Gasteiger partial charge in [0.1, 0.15) is 0 Å². The smallest absolute Gasteiger partial charge is 0.00156 e. The zero-order valence-electron chi connectivity index (χ0n) is 13.4. The second-order valence-corrected chi connectivity index (χ2v) is 8.84. The summed E-state index contributed by atoms with van der Waals surface area (Å²) in [5.41, 5.74) is 0.764. The van der Waals surface area contributed by atoms with Crippen molar-refractivity contribution < 1.29 is 0 Å². The highest BCUT2D eigenvalue weighted by atomic mass is 14.8. The summed E-state index contributed by atoms with van der Waals surface area (Å²) in [6.45, 7) is 1.30. The van der Waals surface area contributed by atoms with Crippen molar-refractivity contribution in [1.82, 2.24) is 5.32 Å². The van der Waals surface area contributed by atoms with Gasteiger partial charge in [-0.05, 0) is 87.1 Å². The lowest BCUT2D eigenvalue weighted by Crippen LogP contribution is -2.53. The number of nitrogens with one attached hydrogen (secondary N) is 1. The fourth-order valence-electron chi connectivity index (χ4n) is 7.27. The van der Waals surface area contributed by atoms with Crippen LogP contribution in [0.1, 0.15) is 70.6 Å². The molecule has 1 atom stereocenters. The van der Waals surface area contributed by atoms with Crippen LogP contribution in [0.25, 0.3) is 0 Å². The molecule has 5 aliphatic rings. The Morgan fingerprint density at radius 2 is 1.45 bits per heavy atom. The lowest BCUT2D eigenvalue weighted by Gasteiger charge is -2.61. The van der Waals surface area contributed by atoms with E-state index < -0.39 is 0 Å². The highest BCUT2D eigenvalue weighted by molar-refractivity contribution is 5.05. The summed E-state index contributed by atoms with van der Waals surface area (Å²) in [4.78, 5) is 0. The molecular weight excluding hydrogens is 242 g/mol. The minimum atomic E-state index is 0.764. The van der Waals surface area contributed by atoms with Gasteiger partial charge in [-0.2, -0.15) is 0 Å². The minimum Gasteiger partial charge on any atom is -0.319 e. The molecule has 0 aromatic rings.